The molecule has 2 unspecified atom stereocenters. The van der Waals surface area contributed by atoms with Gasteiger partial charge in [-0.2, -0.15) is 11.8 Å². The smallest absolute Gasteiger partial charge is 0.0460 e. The summed E-state index contributed by atoms with van der Waals surface area (Å²) < 4.78 is 1.02. The minimum atomic E-state index is 0.110. The molecule has 0 radical (unpaired) electrons. The van der Waals surface area contributed by atoms with Gasteiger partial charge < -0.3 is 5.73 Å². The predicted octanol–water partition coefficient (Wildman–Crippen LogP) is 4.13. The maximum Gasteiger partial charge on any atom is 0.0460 e. The number of thioether (sulfide) groups is 1. The van der Waals surface area contributed by atoms with Crippen molar-refractivity contribution in [3.63, 3.8) is 0 Å². The molecule has 4 heteroatoms. The Hall–Kier alpha value is 0.300. The fourth-order valence-corrected chi connectivity index (χ4v) is 4.21. The molecule has 0 saturated heterocycles. The molecule has 1 aliphatic rings. The molecule has 0 aliphatic carbocycles. The van der Waals surface area contributed by atoms with Crippen molar-refractivity contribution in [1.82, 2.24) is 0 Å². The Kier molecular flexibility index (Phi) is 3.66. The lowest BCUT2D eigenvalue weighted by Crippen LogP contribution is -2.27. The molecule has 2 atom stereocenters. The maximum absolute atomic E-state index is 6.24. The Labute approximate surface area is 108 Å². The van der Waals surface area contributed by atoms with Crippen molar-refractivity contribution in [3.05, 3.63) is 32.8 Å². The van der Waals surface area contributed by atoms with Crippen molar-refractivity contribution in [2.24, 2.45) is 5.73 Å². The first-order valence-corrected chi connectivity index (χ1v) is 7.20. The molecule has 82 valence electrons. The van der Waals surface area contributed by atoms with E-state index in [0.29, 0.717) is 5.25 Å². The van der Waals surface area contributed by atoms with Crippen LogP contribution in [0.2, 0.25) is 5.02 Å². The van der Waals surface area contributed by atoms with Gasteiger partial charge in [-0.1, -0.05) is 34.5 Å². The van der Waals surface area contributed by atoms with Crippen LogP contribution < -0.4 is 5.73 Å². The molecular formula is C11H13BrClNS. The molecule has 0 bridgehead atoms. The molecule has 0 amide bonds. The lowest BCUT2D eigenvalue weighted by atomic mass is 9.97. The first-order chi connectivity index (χ1) is 7.13. The van der Waals surface area contributed by atoms with Crippen LogP contribution in [0.4, 0.5) is 0 Å². The number of halogens is 2. The summed E-state index contributed by atoms with van der Waals surface area (Å²) >= 11 is 11.6. The average molecular weight is 307 g/mol. The Morgan fingerprint density at radius 1 is 1.60 bits per heavy atom. The van der Waals surface area contributed by atoms with Gasteiger partial charge in [0.1, 0.15) is 0 Å². The van der Waals surface area contributed by atoms with E-state index >= 15 is 0 Å². The van der Waals surface area contributed by atoms with E-state index in [1.54, 1.807) is 0 Å². The molecule has 1 aromatic carbocycles. The largest absolute Gasteiger partial charge is 0.323 e. The second-order valence-electron chi connectivity index (χ2n) is 3.74. The van der Waals surface area contributed by atoms with Crippen LogP contribution in [0.3, 0.4) is 0 Å². The van der Waals surface area contributed by atoms with Gasteiger partial charge in [0, 0.05) is 26.5 Å². The Morgan fingerprint density at radius 3 is 3.00 bits per heavy atom. The topological polar surface area (TPSA) is 26.0 Å². The molecule has 1 aliphatic heterocycles. The second-order valence-corrected chi connectivity index (χ2v) is 6.29. The van der Waals surface area contributed by atoms with Crippen LogP contribution in [0.5, 0.6) is 0 Å². The number of rotatable bonds is 1. The van der Waals surface area contributed by atoms with Crippen molar-refractivity contribution in [3.8, 4) is 0 Å². The van der Waals surface area contributed by atoms with Gasteiger partial charge in [-0.15, -0.1) is 0 Å². The summed E-state index contributed by atoms with van der Waals surface area (Å²) in [4.78, 5) is 0. The van der Waals surface area contributed by atoms with Crippen LogP contribution in [0.15, 0.2) is 16.6 Å². The van der Waals surface area contributed by atoms with Crippen molar-refractivity contribution >= 4 is 39.3 Å². The molecule has 2 rings (SSSR count). The summed E-state index contributed by atoms with van der Waals surface area (Å²) in [6.07, 6.45) is 1.11. The number of benzene rings is 1. The molecule has 0 spiro atoms. The number of hydrogen-bond acceptors (Lipinski definition) is 2. The second kappa shape index (κ2) is 4.66. The van der Waals surface area contributed by atoms with Crippen molar-refractivity contribution < 1.29 is 0 Å². The Morgan fingerprint density at radius 2 is 2.33 bits per heavy atom. The van der Waals surface area contributed by atoms with Gasteiger partial charge in [0.05, 0.1) is 0 Å². The number of hydrogen-bond donors (Lipinski definition) is 1. The van der Waals surface area contributed by atoms with Crippen LogP contribution in [0, 0.1) is 0 Å². The van der Waals surface area contributed by atoms with Gasteiger partial charge in [0.25, 0.3) is 0 Å². The molecule has 0 fully saturated rings. The SMILES string of the molecule is CCC1SCc2c(Cl)cc(Br)cc2C1N. The Bertz CT molecular complexity index is 383. The monoisotopic (exact) mass is 305 g/mol. The molecule has 0 aromatic heterocycles. The van der Waals surface area contributed by atoms with Gasteiger partial charge >= 0.3 is 0 Å². The van der Waals surface area contributed by atoms with Crippen molar-refractivity contribution in [1.29, 1.82) is 0 Å². The minimum absolute atomic E-state index is 0.110. The van der Waals surface area contributed by atoms with E-state index in [1.165, 1.54) is 11.1 Å². The Balaban J connectivity index is 2.46. The lowest BCUT2D eigenvalue weighted by Gasteiger charge is -2.30. The molecular weight excluding hydrogens is 294 g/mol. The van der Waals surface area contributed by atoms with Crippen LogP contribution in [-0.4, -0.2) is 5.25 Å². The lowest BCUT2D eigenvalue weighted by molar-refractivity contribution is 0.643. The summed E-state index contributed by atoms with van der Waals surface area (Å²) in [5.74, 6) is 0.980. The minimum Gasteiger partial charge on any atom is -0.323 e. The highest BCUT2D eigenvalue weighted by molar-refractivity contribution is 9.10. The van der Waals surface area contributed by atoms with Crippen LogP contribution in [0.25, 0.3) is 0 Å². The third-order valence-corrected chi connectivity index (χ3v) is 5.10. The molecule has 0 saturated carbocycles. The van der Waals surface area contributed by atoms with Crippen molar-refractivity contribution in [2.75, 3.05) is 0 Å². The molecule has 2 N–H and O–H groups in total. The normalized spacial score (nSPS) is 25.1. The van der Waals surface area contributed by atoms with E-state index in [0.717, 1.165) is 21.7 Å². The highest BCUT2D eigenvalue weighted by Gasteiger charge is 2.27. The van der Waals surface area contributed by atoms with E-state index in [9.17, 15) is 0 Å². The van der Waals surface area contributed by atoms with E-state index in [2.05, 4.69) is 28.9 Å². The zero-order valence-corrected chi connectivity index (χ0v) is 11.6. The molecule has 1 nitrogen and oxygen atoms in total. The fraction of sp³-hybridized carbons (Fsp3) is 0.455. The number of fused-ring (bicyclic) bond motifs is 1. The van der Waals surface area contributed by atoms with Gasteiger partial charge in [-0.3, -0.25) is 0 Å². The average Bonchev–Trinajstić information content (AvgIpc) is 2.19. The van der Waals surface area contributed by atoms with E-state index in [1.807, 2.05) is 17.8 Å². The van der Waals surface area contributed by atoms with Gasteiger partial charge in [-0.05, 0) is 29.7 Å². The predicted molar refractivity (Wildman–Crippen MR) is 71.5 cm³/mol. The van der Waals surface area contributed by atoms with Gasteiger partial charge in [0.2, 0.25) is 0 Å². The van der Waals surface area contributed by atoms with E-state index in [4.69, 9.17) is 17.3 Å². The summed E-state index contributed by atoms with van der Waals surface area (Å²) in [5, 5.41) is 1.35. The quantitative estimate of drug-likeness (QED) is 0.844. The van der Waals surface area contributed by atoms with Gasteiger partial charge in [-0.25, -0.2) is 0 Å². The zero-order valence-electron chi connectivity index (χ0n) is 8.47. The highest BCUT2D eigenvalue weighted by atomic mass is 79.9. The van der Waals surface area contributed by atoms with Crippen molar-refractivity contribution in [2.45, 2.75) is 30.4 Å². The maximum atomic E-state index is 6.24. The first kappa shape index (κ1) is 11.8. The zero-order chi connectivity index (χ0) is 11.0. The standard InChI is InChI=1S/C11H13BrClNS/c1-2-10-11(14)7-3-6(12)4-9(13)8(7)5-15-10/h3-4,10-11H,2,5,14H2,1H3. The number of nitrogens with two attached hydrogens (primary N) is 1. The summed E-state index contributed by atoms with van der Waals surface area (Å²) in [6, 6.07) is 4.16. The first-order valence-electron chi connectivity index (χ1n) is 4.98. The summed E-state index contributed by atoms with van der Waals surface area (Å²) in [6.45, 7) is 2.18. The molecule has 1 aromatic rings. The van der Waals surface area contributed by atoms with E-state index < -0.39 is 0 Å². The summed E-state index contributed by atoms with van der Waals surface area (Å²) in [5.41, 5.74) is 8.66. The fourth-order valence-electron chi connectivity index (χ4n) is 1.94. The third kappa shape index (κ3) is 2.21. The van der Waals surface area contributed by atoms with Crippen LogP contribution >= 0.6 is 39.3 Å². The third-order valence-electron chi connectivity index (χ3n) is 2.80. The summed E-state index contributed by atoms with van der Waals surface area (Å²) in [7, 11) is 0. The highest BCUT2D eigenvalue weighted by Crippen LogP contribution is 2.41. The van der Waals surface area contributed by atoms with E-state index in [-0.39, 0.29) is 6.04 Å². The van der Waals surface area contributed by atoms with Crippen LogP contribution in [0.1, 0.15) is 30.5 Å². The van der Waals surface area contributed by atoms with Gasteiger partial charge in [0.15, 0.2) is 0 Å². The molecule has 1 heterocycles. The van der Waals surface area contributed by atoms with Crippen LogP contribution in [-0.2, 0) is 5.75 Å². The molecule has 15 heavy (non-hydrogen) atoms.